The summed E-state index contributed by atoms with van der Waals surface area (Å²) in [4.78, 5) is 4.18. The lowest BCUT2D eigenvalue weighted by atomic mass is 10.1. The molecule has 7 heteroatoms. The van der Waals surface area contributed by atoms with Gasteiger partial charge in [0, 0.05) is 25.7 Å². The van der Waals surface area contributed by atoms with Crippen LogP contribution in [0.25, 0.3) is 0 Å². The lowest BCUT2D eigenvalue weighted by Gasteiger charge is -2.21. The number of nitrogens with zero attached hydrogens (tertiary/aromatic N) is 1. The van der Waals surface area contributed by atoms with Gasteiger partial charge in [-0.15, -0.1) is 24.0 Å². The van der Waals surface area contributed by atoms with Gasteiger partial charge in [-0.05, 0) is 45.0 Å². The smallest absolute Gasteiger partial charge is 0.191 e. The highest BCUT2D eigenvalue weighted by Crippen LogP contribution is 2.16. The van der Waals surface area contributed by atoms with Gasteiger partial charge in [-0.1, -0.05) is 0 Å². The molecule has 0 radical (unpaired) electrons. The Kier molecular flexibility index (Phi) is 11.6. The highest BCUT2D eigenvalue weighted by molar-refractivity contribution is 14.0. The van der Waals surface area contributed by atoms with Crippen molar-refractivity contribution in [1.82, 2.24) is 16.0 Å². The van der Waals surface area contributed by atoms with Crippen LogP contribution in [-0.2, 0) is 0 Å². The highest BCUT2D eigenvalue weighted by atomic mass is 127. The molecule has 0 atom stereocenters. The van der Waals surface area contributed by atoms with Crippen LogP contribution in [0.2, 0.25) is 0 Å². The van der Waals surface area contributed by atoms with E-state index >= 15 is 0 Å². The number of rotatable bonds is 8. The zero-order valence-electron chi connectivity index (χ0n) is 15.3. The minimum Gasteiger partial charge on any atom is -0.497 e. The van der Waals surface area contributed by atoms with Gasteiger partial charge in [0.1, 0.15) is 18.1 Å². The molecule has 0 unspecified atom stereocenters. The molecule has 138 valence electrons. The van der Waals surface area contributed by atoms with Gasteiger partial charge in [-0.3, -0.25) is 4.99 Å². The fourth-order valence-electron chi connectivity index (χ4n) is 1.85. The predicted octanol–water partition coefficient (Wildman–Crippen LogP) is 2.25. The van der Waals surface area contributed by atoms with Gasteiger partial charge in [0.25, 0.3) is 0 Å². The first-order valence-corrected chi connectivity index (χ1v) is 7.91. The summed E-state index contributed by atoms with van der Waals surface area (Å²) in [5, 5.41) is 9.90. The summed E-state index contributed by atoms with van der Waals surface area (Å²) < 4.78 is 10.8. The Hall–Kier alpha value is -1.22. The second-order valence-corrected chi connectivity index (χ2v) is 6.13. The van der Waals surface area contributed by atoms with Crippen molar-refractivity contribution in [3.63, 3.8) is 0 Å². The molecule has 0 aliphatic rings. The molecule has 3 N–H and O–H groups in total. The van der Waals surface area contributed by atoms with Gasteiger partial charge < -0.3 is 25.4 Å². The van der Waals surface area contributed by atoms with Gasteiger partial charge in [-0.25, -0.2) is 0 Å². The quantitative estimate of drug-likeness (QED) is 0.246. The lowest BCUT2D eigenvalue weighted by Crippen LogP contribution is -2.45. The maximum atomic E-state index is 5.66. The summed E-state index contributed by atoms with van der Waals surface area (Å²) in [6.07, 6.45) is 0. The van der Waals surface area contributed by atoms with Crippen LogP contribution in [0, 0.1) is 0 Å². The van der Waals surface area contributed by atoms with Crippen molar-refractivity contribution >= 4 is 29.9 Å². The molecule has 0 aromatic heterocycles. The van der Waals surface area contributed by atoms with Crippen molar-refractivity contribution in [2.45, 2.75) is 26.3 Å². The van der Waals surface area contributed by atoms with Crippen molar-refractivity contribution in [3.05, 3.63) is 24.3 Å². The van der Waals surface area contributed by atoms with E-state index in [1.165, 1.54) is 0 Å². The molecule has 0 spiro atoms. The summed E-state index contributed by atoms with van der Waals surface area (Å²) in [7, 11) is 3.41. The summed E-state index contributed by atoms with van der Waals surface area (Å²) in [5.74, 6) is 2.42. The largest absolute Gasteiger partial charge is 0.497 e. The van der Waals surface area contributed by atoms with Crippen LogP contribution < -0.4 is 25.4 Å². The zero-order valence-corrected chi connectivity index (χ0v) is 17.6. The maximum Gasteiger partial charge on any atom is 0.191 e. The molecular formula is C17H31IN4O2. The van der Waals surface area contributed by atoms with Gasteiger partial charge in [0.2, 0.25) is 0 Å². The maximum absolute atomic E-state index is 5.66. The first kappa shape index (κ1) is 22.8. The minimum absolute atomic E-state index is 0. The fourth-order valence-corrected chi connectivity index (χ4v) is 1.85. The number of aliphatic imine (C=N–C) groups is 1. The van der Waals surface area contributed by atoms with Gasteiger partial charge in [0.15, 0.2) is 5.96 Å². The van der Waals surface area contributed by atoms with Crippen molar-refractivity contribution in [2.75, 3.05) is 40.4 Å². The Balaban J connectivity index is 0.00000529. The third-order valence-electron chi connectivity index (χ3n) is 3.02. The van der Waals surface area contributed by atoms with E-state index in [1.807, 2.05) is 24.3 Å². The van der Waals surface area contributed by atoms with E-state index in [0.717, 1.165) is 30.5 Å². The molecule has 0 amide bonds. The Morgan fingerprint density at radius 3 is 2.12 bits per heavy atom. The van der Waals surface area contributed by atoms with Crippen LogP contribution in [0.5, 0.6) is 11.5 Å². The number of hydrogen-bond acceptors (Lipinski definition) is 4. The van der Waals surface area contributed by atoms with Crippen molar-refractivity contribution in [3.8, 4) is 11.5 Å². The SMILES string of the molecule is CN=C(NCCNC(C)(C)C)NCCOc1ccc(OC)cc1.I. The number of hydrogen-bond donors (Lipinski definition) is 3. The standard InChI is InChI=1S/C17H30N4O2.HI/c1-17(2,3)21-11-10-19-16(18-4)20-12-13-23-15-8-6-14(22-5)7-9-15;/h6-9,21H,10-13H2,1-5H3,(H2,18,19,20);1H. The topological polar surface area (TPSA) is 66.9 Å². The highest BCUT2D eigenvalue weighted by Gasteiger charge is 2.07. The molecule has 6 nitrogen and oxygen atoms in total. The third kappa shape index (κ3) is 10.5. The van der Waals surface area contributed by atoms with E-state index < -0.39 is 0 Å². The van der Waals surface area contributed by atoms with Crippen molar-refractivity contribution in [1.29, 1.82) is 0 Å². The van der Waals surface area contributed by atoms with Crippen LogP contribution in [0.15, 0.2) is 29.3 Å². The minimum atomic E-state index is 0. The van der Waals surface area contributed by atoms with E-state index in [1.54, 1.807) is 14.2 Å². The molecule has 24 heavy (non-hydrogen) atoms. The molecule has 0 saturated heterocycles. The second kappa shape index (κ2) is 12.2. The molecule has 0 aliphatic heterocycles. The zero-order chi connectivity index (χ0) is 17.1. The monoisotopic (exact) mass is 450 g/mol. The number of guanidine groups is 1. The van der Waals surface area contributed by atoms with E-state index in [2.05, 4.69) is 41.7 Å². The van der Waals surface area contributed by atoms with Crippen LogP contribution in [-0.4, -0.2) is 51.9 Å². The number of benzene rings is 1. The van der Waals surface area contributed by atoms with Crippen LogP contribution in [0.3, 0.4) is 0 Å². The van der Waals surface area contributed by atoms with E-state index in [4.69, 9.17) is 9.47 Å². The van der Waals surface area contributed by atoms with E-state index in [-0.39, 0.29) is 29.5 Å². The molecule has 0 bridgehead atoms. The van der Waals surface area contributed by atoms with Gasteiger partial charge >= 0.3 is 0 Å². The number of nitrogens with one attached hydrogen (secondary N) is 3. The number of ether oxygens (including phenoxy) is 2. The van der Waals surface area contributed by atoms with Gasteiger partial charge in [-0.2, -0.15) is 0 Å². The van der Waals surface area contributed by atoms with Gasteiger partial charge in [0.05, 0.1) is 13.7 Å². The van der Waals surface area contributed by atoms with Crippen LogP contribution >= 0.6 is 24.0 Å². The molecule has 1 aromatic carbocycles. The molecule has 0 fully saturated rings. The number of halogens is 1. The third-order valence-corrected chi connectivity index (χ3v) is 3.02. The lowest BCUT2D eigenvalue weighted by molar-refractivity contribution is 0.321. The summed E-state index contributed by atoms with van der Waals surface area (Å²) >= 11 is 0. The van der Waals surface area contributed by atoms with Crippen molar-refractivity contribution < 1.29 is 9.47 Å². The Labute approximate surface area is 162 Å². The van der Waals surface area contributed by atoms with Crippen molar-refractivity contribution in [2.24, 2.45) is 4.99 Å². The second-order valence-electron chi connectivity index (χ2n) is 6.13. The molecule has 0 saturated carbocycles. The first-order chi connectivity index (χ1) is 10.9. The number of methoxy groups -OCH3 is 1. The molecule has 1 rings (SSSR count). The summed E-state index contributed by atoms with van der Waals surface area (Å²) in [6, 6.07) is 7.55. The summed E-state index contributed by atoms with van der Waals surface area (Å²) in [5.41, 5.74) is 0.130. The first-order valence-electron chi connectivity index (χ1n) is 7.91. The average Bonchev–Trinajstić information content (AvgIpc) is 2.53. The van der Waals surface area contributed by atoms with Crippen LogP contribution in [0.1, 0.15) is 20.8 Å². The normalized spacial score (nSPS) is 11.5. The predicted molar refractivity (Wildman–Crippen MR) is 111 cm³/mol. The van der Waals surface area contributed by atoms with E-state index in [0.29, 0.717) is 13.2 Å². The molecular weight excluding hydrogens is 419 g/mol. The fraction of sp³-hybridized carbons (Fsp3) is 0.588. The molecule has 0 aliphatic carbocycles. The summed E-state index contributed by atoms with van der Waals surface area (Å²) in [6.45, 7) is 9.39. The molecule has 0 heterocycles. The Bertz CT molecular complexity index is 472. The van der Waals surface area contributed by atoms with E-state index in [9.17, 15) is 0 Å². The Morgan fingerprint density at radius 2 is 1.58 bits per heavy atom. The Morgan fingerprint density at radius 1 is 1.00 bits per heavy atom. The molecule has 1 aromatic rings. The van der Waals surface area contributed by atoms with Crippen LogP contribution in [0.4, 0.5) is 0 Å². The average molecular weight is 450 g/mol.